The highest BCUT2D eigenvalue weighted by Crippen LogP contribution is 2.44. The fourth-order valence-electron chi connectivity index (χ4n) is 8.30. The first kappa shape index (κ1) is 45.8. The van der Waals surface area contributed by atoms with Gasteiger partial charge in [-0.1, -0.05) is 12.1 Å². The van der Waals surface area contributed by atoms with E-state index < -0.39 is 35.8 Å². The number of fused-ring (bicyclic) bond motifs is 4. The summed E-state index contributed by atoms with van der Waals surface area (Å²) in [6, 6.07) is 26.5. The number of hydrogen-bond donors (Lipinski definition) is 6. The topological polar surface area (TPSA) is 249 Å². The molecule has 0 saturated carbocycles. The SMILES string of the molecule is CC/N=c1/ccc2c(-c3ccc(C(=O)NC(CCCCNC(=O)c4ccc(-c5c6ccc(=O)cc-6oc6cc(O)ccc56)c(C(=O)O)c4)C(=O)O)cc3C(=O)O)c3ccc(N(C)C)cc3oc-2c1. The van der Waals surface area contributed by atoms with E-state index in [1.165, 1.54) is 66.7 Å². The molecule has 2 aliphatic heterocycles. The minimum Gasteiger partial charge on any atom is -0.508 e. The van der Waals surface area contributed by atoms with E-state index in [0.717, 1.165) is 5.69 Å². The fraction of sp³-hybridized carbons (Fsp3) is 0.173. The molecule has 2 aliphatic carbocycles. The van der Waals surface area contributed by atoms with Gasteiger partial charge in [0.05, 0.1) is 16.5 Å². The number of carboxylic acid groups (broad SMARTS) is 3. The minimum absolute atomic E-state index is 0.0255. The van der Waals surface area contributed by atoms with E-state index in [4.69, 9.17) is 8.83 Å². The van der Waals surface area contributed by atoms with E-state index in [0.29, 0.717) is 68.3 Å². The Morgan fingerprint density at radius 2 is 1.22 bits per heavy atom. The molecule has 1 unspecified atom stereocenters. The second-order valence-electron chi connectivity index (χ2n) is 16.3. The molecule has 4 aliphatic rings. The summed E-state index contributed by atoms with van der Waals surface area (Å²) in [6.45, 7) is 2.55. The molecule has 344 valence electrons. The summed E-state index contributed by atoms with van der Waals surface area (Å²) in [5.74, 6) is -4.75. The zero-order chi connectivity index (χ0) is 48.4. The van der Waals surface area contributed by atoms with Gasteiger partial charge in [0.25, 0.3) is 11.8 Å². The highest BCUT2D eigenvalue weighted by atomic mass is 16.4. The summed E-state index contributed by atoms with van der Waals surface area (Å²) in [5, 5.41) is 48.0. The first-order valence-corrected chi connectivity index (χ1v) is 21.6. The highest BCUT2D eigenvalue weighted by molar-refractivity contribution is 6.11. The lowest BCUT2D eigenvalue weighted by molar-refractivity contribution is -0.139. The van der Waals surface area contributed by atoms with Crippen LogP contribution in [0.5, 0.6) is 5.75 Å². The van der Waals surface area contributed by atoms with Crippen LogP contribution in [-0.2, 0) is 4.79 Å². The number of anilines is 1. The lowest BCUT2D eigenvalue weighted by Gasteiger charge is -2.19. The van der Waals surface area contributed by atoms with Gasteiger partial charge in [-0.2, -0.15) is 0 Å². The summed E-state index contributed by atoms with van der Waals surface area (Å²) in [6.07, 6.45) is 0.517. The lowest BCUT2D eigenvalue weighted by Crippen LogP contribution is -2.41. The number of unbranched alkanes of at least 4 members (excludes halogenated alkanes) is 1. The maximum atomic E-state index is 13.6. The van der Waals surface area contributed by atoms with Gasteiger partial charge in [0.15, 0.2) is 5.43 Å². The van der Waals surface area contributed by atoms with Crippen LogP contribution in [0.1, 0.15) is 67.6 Å². The van der Waals surface area contributed by atoms with Crippen molar-refractivity contribution in [3.63, 3.8) is 0 Å². The van der Waals surface area contributed by atoms with Crippen LogP contribution in [0.25, 0.3) is 66.8 Å². The zero-order valence-electron chi connectivity index (χ0n) is 37.0. The Balaban J connectivity index is 0.961. The van der Waals surface area contributed by atoms with Crippen molar-refractivity contribution in [3.8, 4) is 50.7 Å². The zero-order valence-corrected chi connectivity index (χ0v) is 37.0. The molecule has 0 saturated heterocycles. The number of carbonyl (C=O) groups is 5. The number of carboxylic acids is 3. The Morgan fingerprint density at radius 3 is 1.82 bits per heavy atom. The molecule has 4 aromatic carbocycles. The van der Waals surface area contributed by atoms with Gasteiger partial charge in [0.1, 0.15) is 34.5 Å². The molecule has 0 fully saturated rings. The molecule has 6 N–H and O–H groups in total. The predicted molar refractivity (Wildman–Crippen MR) is 254 cm³/mol. The van der Waals surface area contributed by atoms with E-state index in [1.807, 2.05) is 56.3 Å². The van der Waals surface area contributed by atoms with E-state index in [-0.39, 0.29) is 69.7 Å². The normalized spacial score (nSPS) is 12.1. The van der Waals surface area contributed by atoms with Crippen molar-refractivity contribution in [1.82, 2.24) is 10.6 Å². The lowest BCUT2D eigenvalue weighted by atomic mass is 9.89. The number of nitrogens with zero attached hydrogens (tertiary/aromatic N) is 2. The van der Waals surface area contributed by atoms with Crippen molar-refractivity contribution in [2.45, 2.75) is 32.2 Å². The molecule has 4 aromatic rings. The third-order valence-corrected chi connectivity index (χ3v) is 11.6. The Morgan fingerprint density at radius 1 is 0.647 bits per heavy atom. The Bertz CT molecular complexity index is 3410. The molecular weight excluding hydrogens is 873 g/mol. The van der Waals surface area contributed by atoms with Crippen LogP contribution < -0.4 is 26.3 Å². The smallest absolute Gasteiger partial charge is 0.336 e. The monoisotopic (exact) mass is 916 g/mol. The van der Waals surface area contributed by atoms with Gasteiger partial charge in [-0.25, -0.2) is 14.4 Å². The van der Waals surface area contributed by atoms with Crippen LogP contribution in [0.4, 0.5) is 5.69 Å². The number of phenols is 1. The molecule has 0 bridgehead atoms. The van der Waals surface area contributed by atoms with Crippen LogP contribution >= 0.6 is 0 Å². The first-order chi connectivity index (χ1) is 32.6. The van der Waals surface area contributed by atoms with E-state index in [1.54, 1.807) is 12.1 Å². The number of hydrogen-bond acceptors (Lipinski definition) is 11. The largest absolute Gasteiger partial charge is 0.508 e. The number of amides is 2. The standard InChI is InChI=1S/C52H44N4O12/c1-4-53-29-10-16-35-42(23-29)67-43-24-30(56(2)3)11-17-36(43)46(35)34-15-9-28(22-40(34)51(63)64)49(60)55-41(52(65)66)7-5-6-20-54-48(59)27-8-14-33(39(21-27)50(61)62)47-37-18-12-31(57)25-44(37)68-45-26-32(58)13-19-38(45)47/h8-19,21-26,41,57H,4-7,20H2,1-3H3,(H,54,59)(H,55,60)(H,61,62)(H,63,64)(H,65,66)/b53-29-. The van der Waals surface area contributed by atoms with E-state index in [9.17, 15) is 49.2 Å². The Hall–Kier alpha value is -8.79. The summed E-state index contributed by atoms with van der Waals surface area (Å²) in [7, 11) is 3.78. The van der Waals surface area contributed by atoms with Crippen LogP contribution in [0.15, 0.2) is 128 Å². The van der Waals surface area contributed by atoms with Gasteiger partial charge in [0.2, 0.25) is 0 Å². The molecule has 16 nitrogen and oxygen atoms in total. The van der Waals surface area contributed by atoms with Crippen molar-refractivity contribution in [1.29, 1.82) is 0 Å². The molecule has 16 heteroatoms. The van der Waals surface area contributed by atoms with Gasteiger partial charge < -0.3 is 44.8 Å². The van der Waals surface area contributed by atoms with Crippen LogP contribution in [0.2, 0.25) is 0 Å². The number of aromatic carboxylic acids is 2. The molecule has 1 atom stereocenters. The summed E-state index contributed by atoms with van der Waals surface area (Å²) in [5.41, 5.74) is 3.46. The number of phenolic OH excluding ortho intramolecular Hbond substituents is 1. The van der Waals surface area contributed by atoms with Gasteiger partial charge in [-0.15, -0.1) is 0 Å². The second-order valence-corrected chi connectivity index (χ2v) is 16.3. The van der Waals surface area contributed by atoms with E-state index >= 15 is 0 Å². The van der Waals surface area contributed by atoms with Gasteiger partial charge >= 0.3 is 17.9 Å². The molecule has 2 amide bonds. The number of aliphatic carboxylic acids is 1. The van der Waals surface area contributed by atoms with Crippen molar-refractivity contribution < 1.29 is 53.2 Å². The van der Waals surface area contributed by atoms with Crippen LogP contribution in [0, 0.1) is 0 Å². The Kier molecular flexibility index (Phi) is 12.8. The molecule has 8 rings (SSSR count). The molecule has 2 heterocycles. The molecule has 0 spiro atoms. The number of aromatic hydroxyl groups is 1. The average molecular weight is 917 g/mol. The quantitative estimate of drug-likeness (QED) is 0.0422. The summed E-state index contributed by atoms with van der Waals surface area (Å²) < 4.78 is 12.2. The van der Waals surface area contributed by atoms with Gasteiger partial charge in [-0.05, 0) is 110 Å². The second kappa shape index (κ2) is 19.0. The van der Waals surface area contributed by atoms with Gasteiger partial charge in [0, 0.05) is 101 Å². The summed E-state index contributed by atoms with van der Waals surface area (Å²) in [4.78, 5) is 83.3. The maximum Gasteiger partial charge on any atom is 0.336 e. The number of rotatable bonds is 15. The number of nitrogens with one attached hydrogen (secondary N) is 2. The maximum absolute atomic E-state index is 13.6. The van der Waals surface area contributed by atoms with Crippen LogP contribution in [-0.4, -0.2) is 83.4 Å². The average Bonchev–Trinajstić information content (AvgIpc) is 3.31. The van der Waals surface area contributed by atoms with Crippen LogP contribution in [0.3, 0.4) is 0 Å². The summed E-state index contributed by atoms with van der Waals surface area (Å²) >= 11 is 0. The van der Waals surface area contributed by atoms with Crippen molar-refractivity contribution >= 4 is 57.3 Å². The van der Waals surface area contributed by atoms with Crippen molar-refractivity contribution in [2.24, 2.45) is 4.99 Å². The fourth-order valence-corrected chi connectivity index (χ4v) is 8.30. The number of benzene rings is 6. The first-order valence-electron chi connectivity index (χ1n) is 21.6. The van der Waals surface area contributed by atoms with E-state index in [2.05, 4.69) is 15.6 Å². The molecule has 0 aromatic heterocycles. The molecular formula is C52H44N4O12. The third kappa shape index (κ3) is 9.19. The predicted octanol–water partition coefficient (Wildman–Crippen LogP) is 7.95. The van der Waals surface area contributed by atoms with Crippen molar-refractivity contribution in [3.05, 3.63) is 147 Å². The van der Waals surface area contributed by atoms with Gasteiger partial charge in [-0.3, -0.25) is 19.4 Å². The highest BCUT2D eigenvalue weighted by Gasteiger charge is 2.27. The third-order valence-electron chi connectivity index (χ3n) is 11.6. The molecule has 0 radical (unpaired) electrons. The number of carbonyl (C=O) groups excluding carboxylic acids is 2. The molecule has 68 heavy (non-hydrogen) atoms. The van der Waals surface area contributed by atoms with Crippen molar-refractivity contribution in [2.75, 3.05) is 32.1 Å². The minimum atomic E-state index is -1.35. The Labute approximate surface area is 387 Å².